The second-order valence-corrected chi connectivity index (χ2v) is 3.61. The second kappa shape index (κ2) is 2.48. The van der Waals surface area contributed by atoms with Crippen LogP contribution in [0.3, 0.4) is 0 Å². The predicted molar refractivity (Wildman–Crippen MR) is 39.9 cm³/mol. The molecular weight excluding hydrogens is 142 g/mol. The normalized spacial score (nSPS) is 43.4. The molecule has 1 heterocycles. The van der Waals surface area contributed by atoms with E-state index in [2.05, 4.69) is 5.32 Å². The number of nitrogens with one attached hydrogen (secondary N) is 1. The topological polar surface area (TPSA) is 49.3 Å². The lowest BCUT2D eigenvalue weighted by Crippen LogP contribution is -2.35. The second-order valence-electron chi connectivity index (χ2n) is 3.61. The number of amides is 1. The van der Waals surface area contributed by atoms with Gasteiger partial charge in [-0.3, -0.25) is 4.79 Å². The van der Waals surface area contributed by atoms with E-state index in [9.17, 15) is 9.90 Å². The summed E-state index contributed by atoms with van der Waals surface area (Å²) in [5.74, 6) is 0.570. The van der Waals surface area contributed by atoms with Gasteiger partial charge >= 0.3 is 0 Å². The summed E-state index contributed by atoms with van der Waals surface area (Å²) in [6, 6.07) is 0.367. The van der Waals surface area contributed by atoms with Crippen LogP contribution in [0, 0.1) is 5.92 Å². The largest absolute Gasteiger partial charge is 0.393 e. The van der Waals surface area contributed by atoms with Gasteiger partial charge in [0.15, 0.2) is 0 Å². The first-order valence-electron chi connectivity index (χ1n) is 4.23. The Labute approximate surface area is 65.8 Å². The average Bonchev–Trinajstić information content (AvgIpc) is 2.27. The summed E-state index contributed by atoms with van der Waals surface area (Å²) in [5.41, 5.74) is 0. The maximum Gasteiger partial charge on any atom is 0.220 e. The van der Waals surface area contributed by atoms with Crippen molar-refractivity contribution in [3.63, 3.8) is 0 Å². The standard InChI is InChI=1S/C8H13NO2/c10-6-1-2-7-5(3-6)4-8(11)9-7/h5-7,10H,1-4H2,(H,9,11). The van der Waals surface area contributed by atoms with Crippen molar-refractivity contribution in [2.24, 2.45) is 5.92 Å². The van der Waals surface area contributed by atoms with E-state index in [4.69, 9.17) is 0 Å². The van der Waals surface area contributed by atoms with E-state index < -0.39 is 0 Å². The maximum atomic E-state index is 10.9. The van der Waals surface area contributed by atoms with Crippen LogP contribution in [-0.4, -0.2) is 23.2 Å². The van der Waals surface area contributed by atoms with Crippen molar-refractivity contribution < 1.29 is 9.90 Å². The highest BCUT2D eigenvalue weighted by atomic mass is 16.3. The lowest BCUT2D eigenvalue weighted by Gasteiger charge is -2.27. The van der Waals surface area contributed by atoms with E-state index in [0.717, 1.165) is 19.3 Å². The first-order valence-corrected chi connectivity index (χ1v) is 4.23. The molecule has 0 aromatic carbocycles. The number of hydrogen-bond donors (Lipinski definition) is 2. The fourth-order valence-corrected chi connectivity index (χ4v) is 2.16. The molecule has 1 amide bonds. The van der Waals surface area contributed by atoms with Gasteiger partial charge in [0, 0.05) is 12.5 Å². The summed E-state index contributed by atoms with van der Waals surface area (Å²) in [4.78, 5) is 10.9. The monoisotopic (exact) mass is 155 g/mol. The molecule has 2 N–H and O–H groups in total. The number of fused-ring (bicyclic) bond motifs is 1. The molecule has 0 radical (unpaired) electrons. The Bertz CT molecular complexity index is 181. The summed E-state index contributed by atoms with van der Waals surface area (Å²) in [6.45, 7) is 0. The number of aliphatic hydroxyl groups excluding tert-OH is 1. The zero-order valence-electron chi connectivity index (χ0n) is 6.42. The van der Waals surface area contributed by atoms with Gasteiger partial charge in [-0.25, -0.2) is 0 Å². The van der Waals surface area contributed by atoms with Gasteiger partial charge in [-0.15, -0.1) is 0 Å². The van der Waals surface area contributed by atoms with Crippen LogP contribution < -0.4 is 5.32 Å². The highest BCUT2D eigenvalue weighted by Gasteiger charge is 2.36. The number of carbonyl (C=O) groups is 1. The Morgan fingerprint density at radius 1 is 1.45 bits per heavy atom. The van der Waals surface area contributed by atoms with Gasteiger partial charge in [0.25, 0.3) is 0 Å². The van der Waals surface area contributed by atoms with E-state index >= 15 is 0 Å². The molecule has 2 rings (SSSR count). The Morgan fingerprint density at radius 2 is 2.27 bits per heavy atom. The Balaban J connectivity index is 2.02. The molecule has 3 atom stereocenters. The van der Waals surface area contributed by atoms with E-state index in [0.29, 0.717) is 18.4 Å². The average molecular weight is 155 g/mol. The van der Waals surface area contributed by atoms with Crippen LogP contribution >= 0.6 is 0 Å². The third kappa shape index (κ3) is 1.25. The molecule has 3 nitrogen and oxygen atoms in total. The summed E-state index contributed by atoms with van der Waals surface area (Å²) in [7, 11) is 0. The van der Waals surface area contributed by atoms with Crippen LogP contribution in [0.1, 0.15) is 25.7 Å². The van der Waals surface area contributed by atoms with Gasteiger partial charge in [0.2, 0.25) is 5.91 Å². The molecule has 3 unspecified atom stereocenters. The summed E-state index contributed by atoms with van der Waals surface area (Å²) >= 11 is 0. The van der Waals surface area contributed by atoms with Crippen molar-refractivity contribution >= 4 is 5.91 Å². The Hall–Kier alpha value is -0.570. The number of hydrogen-bond acceptors (Lipinski definition) is 2. The fourth-order valence-electron chi connectivity index (χ4n) is 2.16. The lowest BCUT2D eigenvalue weighted by molar-refractivity contribution is -0.119. The van der Waals surface area contributed by atoms with Crippen molar-refractivity contribution in [3.05, 3.63) is 0 Å². The highest BCUT2D eigenvalue weighted by Crippen LogP contribution is 2.30. The van der Waals surface area contributed by atoms with E-state index in [1.54, 1.807) is 0 Å². The molecular formula is C8H13NO2. The van der Waals surface area contributed by atoms with Crippen LogP contribution in [0.2, 0.25) is 0 Å². The van der Waals surface area contributed by atoms with Crippen LogP contribution in [0.15, 0.2) is 0 Å². The van der Waals surface area contributed by atoms with Crippen LogP contribution in [-0.2, 0) is 4.79 Å². The first kappa shape index (κ1) is 7.10. The zero-order chi connectivity index (χ0) is 7.84. The first-order chi connectivity index (χ1) is 5.25. The number of rotatable bonds is 0. The quantitative estimate of drug-likeness (QED) is 0.518. The minimum absolute atomic E-state index is 0.161. The van der Waals surface area contributed by atoms with Crippen molar-refractivity contribution in [2.45, 2.75) is 37.8 Å². The minimum atomic E-state index is -0.163. The van der Waals surface area contributed by atoms with Gasteiger partial charge in [0.05, 0.1) is 6.10 Å². The summed E-state index contributed by atoms with van der Waals surface area (Å²) < 4.78 is 0. The third-order valence-electron chi connectivity index (χ3n) is 2.75. The SMILES string of the molecule is O=C1CC2CC(O)CCC2N1. The van der Waals surface area contributed by atoms with Crippen LogP contribution in [0.25, 0.3) is 0 Å². The third-order valence-corrected chi connectivity index (χ3v) is 2.75. The smallest absolute Gasteiger partial charge is 0.220 e. The van der Waals surface area contributed by atoms with Gasteiger partial charge in [-0.05, 0) is 25.2 Å². The lowest BCUT2D eigenvalue weighted by atomic mass is 9.84. The van der Waals surface area contributed by atoms with Gasteiger partial charge in [-0.1, -0.05) is 0 Å². The molecule has 2 fully saturated rings. The molecule has 1 aliphatic carbocycles. The van der Waals surface area contributed by atoms with Crippen molar-refractivity contribution in [3.8, 4) is 0 Å². The molecule has 0 aromatic heterocycles. The van der Waals surface area contributed by atoms with Gasteiger partial charge in [-0.2, -0.15) is 0 Å². The number of carbonyl (C=O) groups excluding carboxylic acids is 1. The van der Waals surface area contributed by atoms with Gasteiger partial charge in [0.1, 0.15) is 0 Å². The Kier molecular flexibility index (Phi) is 1.60. The predicted octanol–water partition coefficient (Wildman–Crippen LogP) is 0.0359. The molecule has 0 aromatic rings. The van der Waals surface area contributed by atoms with Crippen LogP contribution in [0.4, 0.5) is 0 Å². The molecule has 3 heteroatoms. The van der Waals surface area contributed by atoms with Crippen molar-refractivity contribution in [1.29, 1.82) is 0 Å². The molecule has 0 bridgehead atoms. The highest BCUT2D eigenvalue weighted by molar-refractivity contribution is 5.79. The molecule has 1 aliphatic heterocycles. The minimum Gasteiger partial charge on any atom is -0.393 e. The molecule has 1 saturated heterocycles. The molecule has 1 saturated carbocycles. The summed E-state index contributed by atoms with van der Waals surface area (Å²) in [6.07, 6.45) is 3.08. The number of aliphatic hydroxyl groups is 1. The van der Waals surface area contributed by atoms with E-state index in [1.807, 2.05) is 0 Å². The van der Waals surface area contributed by atoms with Crippen LogP contribution in [0.5, 0.6) is 0 Å². The summed E-state index contributed by atoms with van der Waals surface area (Å²) in [5, 5.41) is 12.2. The molecule has 0 spiro atoms. The van der Waals surface area contributed by atoms with Crippen molar-refractivity contribution in [2.75, 3.05) is 0 Å². The Morgan fingerprint density at radius 3 is 3.09 bits per heavy atom. The van der Waals surface area contributed by atoms with E-state index in [1.165, 1.54) is 0 Å². The molecule has 2 aliphatic rings. The maximum absolute atomic E-state index is 10.9. The fraction of sp³-hybridized carbons (Fsp3) is 0.875. The van der Waals surface area contributed by atoms with E-state index in [-0.39, 0.29) is 12.0 Å². The van der Waals surface area contributed by atoms with Crippen molar-refractivity contribution in [1.82, 2.24) is 5.32 Å². The van der Waals surface area contributed by atoms with Gasteiger partial charge < -0.3 is 10.4 Å². The molecule has 62 valence electrons. The molecule has 11 heavy (non-hydrogen) atoms. The zero-order valence-corrected chi connectivity index (χ0v) is 6.42.